The fourth-order valence-electron chi connectivity index (χ4n) is 1.24. The molecule has 2 nitrogen and oxygen atoms in total. The summed E-state index contributed by atoms with van der Waals surface area (Å²) in [6.07, 6.45) is 1.85. The average Bonchev–Trinajstić information content (AvgIpc) is 2.19. The van der Waals surface area contributed by atoms with Gasteiger partial charge in [0.1, 0.15) is 0 Å². The minimum Gasteiger partial charge on any atom is -0.326 e. The number of hydrogen-bond acceptors (Lipinski definition) is 2. The molecule has 0 bridgehead atoms. The maximum Gasteiger partial charge on any atom is 0.0211 e. The molecule has 0 fully saturated rings. The summed E-state index contributed by atoms with van der Waals surface area (Å²) in [4.78, 5) is 0. The average molecular weight is 213 g/mol. The maximum atomic E-state index is 5.61. The van der Waals surface area contributed by atoms with Gasteiger partial charge in [-0.3, -0.25) is 0 Å². The van der Waals surface area contributed by atoms with Crippen LogP contribution in [0.1, 0.15) is 11.1 Å². The van der Waals surface area contributed by atoms with Crippen LogP contribution < -0.4 is 11.1 Å². The Morgan fingerprint density at radius 3 is 2.50 bits per heavy atom. The fourth-order valence-corrected chi connectivity index (χ4v) is 1.24. The zero-order valence-electron chi connectivity index (χ0n) is 8.20. The lowest BCUT2D eigenvalue weighted by Crippen LogP contribution is -2.14. The smallest absolute Gasteiger partial charge is 0.0211 e. The zero-order chi connectivity index (χ0) is 9.52. The van der Waals surface area contributed by atoms with E-state index in [0.29, 0.717) is 6.54 Å². The first-order valence-electron chi connectivity index (χ1n) is 4.47. The summed E-state index contributed by atoms with van der Waals surface area (Å²) >= 11 is 0. The number of nitrogens with one attached hydrogen (secondary N) is 1. The normalized spacial score (nSPS) is 9.21. The molecule has 0 aromatic heterocycles. The maximum absolute atomic E-state index is 5.61. The highest BCUT2D eigenvalue weighted by Crippen LogP contribution is 2.06. The summed E-state index contributed by atoms with van der Waals surface area (Å²) in [5.74, 6) is 0. The van der Waals surface area contributed by atoms with Crippen molar-refractivity contribution in [2.24, 2.45) is 5.73 Å². The largest absolute Gasteiger partial charge is 0.326 e. The van der Waals surface area contributed by atoms with Gasteiger partial charge in [0.15, 0.2) is 0 Å². The molecule has 0 unspecified atom stereocenters. The summed E-state index contributed by atoms with van der Waals surface area (Å²) in [6, 6.07) is 8.20. The highest BCUT2D eigenvalue weighted by Gasteiger charge is 1.97. The Balaban J connectivity index is 0.00000169. The second-order valence-corrected chi connectivity index (χ2v) is 2.89. The summed E-state index contributed by atoms with van der Waals surface area (Å²) < 4.78 is 0. The lowest BCUT2D eigenvalue weighted by Gasteiger charge is -2.07. The first kappa shape index (κ1) is 13.2. The van der Waals surface area contributed by atoms with Crippen molar-refractivity contribution in [1.29, 1.82) is 0 Å². The molecule has 0 atom stereocenters. The summed E-state index contributed by atoms with van der Waals surface area (Å²) in [5.41, 5.74) is 8.08. The highest BCUT2D eigenvalue weighted by molar-refractivity contribution is 5.85. The first-order chi connectivity index (χ1) is 6.38. The Labute approximate surface area is 91.6 Å². The molecule has 0 heterocycles. The number of rotatable bonds is 5. The second kappa shape index (κ2) is 7.56. The van der Waals surface area contributed by atoms with Gasteiger partial charge in [-0.2, -0.15) is 0 Å². The molecule has 78 valence electrons. The number of benzene rings is 1. The topological polar surface area (TPSA) is 38.0 Å². The Kier molecular flexibility index (Phi) is 7.11. The lowest BCUT2D eigenvalue weighted by molar-refractivity contribution is 0.751. The molecule has 3 heteroatoms. The van der Waals surface area contributed by atoms with E-state index in [4.69, 9.17) is 5.73 Å². The SMILES string of the molecule is C=CCNCc1ccccc1CN.Cl. The van der Waals surface area contributed by atoms with Gasteiger partial charge in [0, 0.05) is 19.6 Å². The molecule has 0 radical (unpaired) electrons. The first-order valence-corrected chi connectivity index (χ1v) is 4.47. The van der Waals surface area contributed by atoms with Gasteiger partial charge in [-0.15, -0.1) is 19.0 Å². The fraction of sp³-hybridized carbons (Fsp3) is 0.273. The molecular formula is C11H17ClN2. The molecular weight excluding hydrogens is 196 g/mol. The van der Waals surface area contributed by atoms with Crippen LogP contribution >= 0.6 is 12.4 Å². The van der Waals surface area contributed by atoms with Crippen molar-refractivity contribution in [2.75, 3.05) is 6.54 Å². The Bertz CT molecular complexity index is 274. The number of halogens is 1. The highest BCUT2D eigenvalue weighted by atomic mass is 35.5. The third kappa shape index (κ3) is 3.92. The molecule has 0 aliphatic carbocycles. The predicted molar refractivity (Wildman–Crippen MR) is 63.5 cm³/mol. The van der Waals surface area contributed by atoms with E-state index < -0.39 is 0 Å². The molecule has 3 N–H and O–H groups in total. The van der Waals surface area contributed by atoms with E-state index in [1.807, 2.05) is 18.2 Å². The molecule has 0 saturated heterocycles. The molecule has 0 aliphatic rings. The molecule has 0 amide bonds. The number of hydrogen-bond donors (Lipinski definition) is 2. The molecule has 1 aromatic carbocycles. The van der Waals surface area contributed by atoms with E-state index in [0.717, 1.165) is 13.1 Å². The van der Waals surface area contributed by atoms with E-state index in [1.165, 1.54) is 11.1 Å². The van der Waals surface area contributed by atoms with Crippen LogP contribution in [0, 0.1) is 0 Å². The van der Waals surface area contributed by atoms with Crippen molar-refractivity contribution >= 4 is 12.4 Å². The second-order valence-electron chi connectivity index (χ2n) is 2.89. The van der Waals surface area contributed by atoms with Gasteiger partial charge in [-0.05, 0) is 11.1 Å². The van der Waals surface area contributed by atoms with Crippen LogP contribution in [0.2, 0.25) is 0 Å². The van der Waals surface area contributed by atoms with E-state index in [-0.39, 0.29) is 12.4 Å². The lowest BCUT2D eigenvalue weighted by atomic mass is 10.1. The Morgan fingerprint density at radius 2 is 1.93 bits per heavy atom. The quantitative estimate of drug-likeness (QED) is 0.578. The van der Waals surface area contributed by atoms with Crippen molar-refractivity contribution in [3.8, 4) is 0 Å². The predicted octanol–water partition coefficient (Wildman–Crippen LogP) is 1.84. The summed E-state index contributed by atoms with van der Waals surface area (Å²) in [7, 11) is 0. The van der Waals surface area contributed by atoms with E-state index in [1.54, 1.807) is 0 Å². The van der Waals surface area contributed by atoms with Gasteiger partial charge in [-0.1, -0.05) is 30.3 Å². The Morgan fingerprint density at radius 1 is 1.29 bits per heavy atom. The van der Waals surface area contributed by atoms with Crippen LogP contribution in [0.15, 0.2) is 36.9 Å². The van der Waals surface area contributed by atoms with E-state index >= 15 is 0 Å². The third-order valence-corrected chi connectivity index (χ3v) is 1.94. The van der Waals surface area contributed by atoms with Crippen LogP contribution in [-0.4, -0.2) is 6.54 Å². The molecule has 14 heavy (non-hydrogen) atoms. The van der Waals surface area contributed by atoms with Gasteiger partial charge in [0.2, 0.25) is 0 Å². The van der Waals surface area contributed by atoms with Crippen LogP contribution in [0.3, 0.4) is 0 Å². The van der Waals surface area contributed by atoms with E-state index in [9.17, 15) is 0 Å². The zero-order valence-corrected chi connectivity index (χ0v) is 9.02. The van der Waals surface area contributed by atoms with Crippen molar-refractivity contribution < 1.29 is 0 Å². The summed E-state index contributed by atoms with van der Waals surface area (Å²) in [6.45, 7) is 5.94. The van der Waals surface area contributed by atoms with Gasteiger partial charge in [0.25, 0.3) is 0 Å². The van der Waals surface area contributed by atoms with Crippen molar-refractivity contribution in [3.05, 3.63) is 48.0 Å². The van der Waals surface area contributed by atoms with Gasteiger partial charge in [-0.25, -0.2) is 0 Å². The monoisotopic (exact) mass is 212 g/mol. The van der Waals surface area contributed by atoms with E-state index in [2.05, 4.69) is 24.0 Å². The minimum atomic E-state index is 0. The number of nitrogens with two attached hydrogens (primary N) is 1. The van der Waals surface area contributed by atoms with Crippen LogP contribution in [-0.2, 0) is 13.1 Å². The summed E-state index contributed by atoms with van der Waals surface area (Å²) in [5, 5.41) is 3.25. The van der Waals surface area contributed by atoms with Crippen molar-refractivity contribution in [3.63, 3.8) is 0 Å². The van der Waals surface area contributed by atoms with Crippen LogP contribution in [0.5, 0.6) is 0 Å². The van der Waals surface area contributed by atoms with Gasteiger partial charge in [0.05, 0.1) is 0 Å². The van der Waals surface area contributed by atoms with Gasteiger partial charge < -0.3 is 11.1 Å². The van der Waals surface area contributed by atoms with Crippen molar-refractivity contribution in [2.45, 2.75) is 13.1 Å². The standard InChI is InChI=1S/C11H16N2.ClH/c1-2-7-13-9-11-6-4-3-5-10(11)8-12;/h2-6,13H,1,7-9,12H2;1H. The Hall–Kier alpha value is -0.830. The van der Waals surface area contributed by atoms with Crippen LogP contribution in [0.25, 0.3) is 0 Å². The third-order valence-electron chi connectivity index (χ3n) is 1.94. The van der Waals surface area contributed by atoms with Crippen molar-refractivity contribution in [1.82, 2.24) is 5.32 Å². The molecule has 0 spiro atoms. The molecule has 1 rings (SSSR count). The molecule has 0 aliphatic heterocycles. The molecule has 1 aromatic rings. The molecule has 0 saturated carbocycles. The van der Waals surface area contributed by atoms with Crippen LogP contribution in [0.4, 0.5) is 0 Å². The van der Waals surface area contributed by atoms with Gasteiger partial charge >= 0.3 is 0 Å². The minimum absolute atomic E-state index is 0.